The number of hydrogen-bond donors (Lipinski definition) is 1. The van der Waals surface area contributed by atoms with Gasteiger partial charge in [0.2, 0.25) is 5.89 Å². The molecule has 1 fully saturated rings. The van der Waals surface area contributed by atoms with Crippen LogP contribution in [0.3, 0.4) is 0 Å². The largest absolute Gasteiger partial charge is 0.467 e. The van der Waals surface area contributed by atoms with Crippen LogP contribution in [-0.4, -0.2) is 43.9 Å². The van der Waals surface area contributed by atoms with Crippen molar-refractivity contribution in [1.29, 1.82) is 0 Å². The molecule has 1 N–H and O–H groups in total. The highest BCUT2D eigenvalue weighted by Gasteiger charge is 2.29. The van der Waals surface area contributed by atoms with E-state index in [1.54, 1.807) is 28.1 Å². The molecule has 1 saturated heterocycles. The highest BCUT2D eigenvalue weighted by Crippen LogP contribution is 2.27. The molecule has 148 valence electrons. The molecule has 28 heavy (non-hydrogen) atoms. The molecule has 1 unspecified atom stereocenters. The molecule has 4 rings (SSSR count). The lowest BCUT2D eigenvalue weighted by Gasteiger charge is -2.31. The van der Waals surface area contributed by atoms with Gasteiger partial charge in [-0.15, -0.1) is 0 Å². The van der Waals surface area contributed by atoms with E-state index in [0.29, 0.717) is 37.2 Å². The summed E-state index contributed by atoms with van der Waals surface area (Å²) < 4.78 is 12.5. The Morgan fingerprint density at radius 3 is 3.04 bits per heavy atom. The number of anilines is 1. The van der Waals surface area contributed by atoms with Crippen LogP contribution in [0.1, 0.15) is 56.0 Å². The maximum Gasteiger partial charge on any atom is 0.323 e. The monoisotopic (exact) mass is 384 g/mol. The number of hydrogen-bond acceptors (Lipinski definition) is 6. The van der Waals surface area contributed by atoms with Gasteiger partial charge < -0.3 is 13.8 Å². The van der Waals surface area contributed by atoms with E-state index in [9.17, 15) is 4.79 Å². The summed E-state index contributed by atoms with van der Waals surface area (Å²) in [5.74, 6) is 3.00. The molecule has 4 heterocycles. The number of amides is 2. The number of likely N-dealkylation sites (tertiary alicyclic amines) is 1. The second-order valence-electron chi connectivity index (χ2n) is 7.31. The van der Waals surface area contributed by atoms with Crippen LogP contribution in [0, 0.1) is 0 Å². The maximum atomic E-state index is 12.8. The van der Waals surface area contributed by atoms with Gasteiger partial charge in [0.1, 0.15) is 18.1 Å². The van der Waals surface area contributed by atoms with Crippen LogP contribution in [-0.2, 0) is 6.54 Å². The molecule has 9 heteroatoms. The summed E-state index contributed by atoms with van der Waals surface area (Å²) in [6, 6.07) is 5.32. The zero-order valence-corrected chi connectivity index (χ0v) is 16.0. The fraction of sp³-hybridized carbons (Fsp3) is 0.474. The van der Waals surface area contributed by atoms with Gasteiger partial charge in [-0.25, -0.2) is 9.48 Å². The van der Waals surface area contributed by atoms with Crippen molar-refractivity contribution in [3.8, 4) is 0 Å². The number of carbonyl (C=O) groups is 1. The molecule has 0 bridgehead atoms. The van der Waals surface area contributed by atoms with E-state index in [1.165, 1.54) is 0 Å². The predicted octanol–water partition coefficient (Wildman–Crippen LogP) is 3.44. The minimum Gasteiger partial charge on any atom is -0.467 e. The molecular weight excluding hydrogens is 360 g/mol. The highest BCUT2D eigenvalue weighted by atomic mass is 16.5. The van der Waals surface area contributed by atoms with Gasteiger partial charge in [-0.05, 0) is 25.0 Å². The lowest BCUT2D eigenvalue weighted by Crippen LogP contribution is -2.42. The minimum absolute atomic E-state index is 0.0625. The Kier molecular flexibility index (Phi) is 5.14. The van der Waals surface area contributed by atoms with Crippen LogP contribution >= 0.6 is 0 Å². The van der Waals surface area contributed by atoms with Crippen molar-refractivity contribution in [2.45, 2.75) is 45.1 Å². The molecule has 3 aromatic heterocycles. The number of piperidine rings is 1. The molecule has 1 aliphatic heterocycles. The van der Waals surface area contributed by atoms with E-state index in [1.807, 2.05) is 26.0 Å². The van der Waals surface area contributed by atoms with Gasteiger partial charge in [0.15, 0.2) is 5.82 Å². The van der Waals surface area contributed by atoms with E-state index in [4.69, 9.17) is 8.94 Å². The van der Waals surface area contributed by atoms with Gasteiger partial charge in [-0.3, -0.25) is 5.32 Å². The van der Waals surface area contributed by atoms with Crippen molar-refractivity contribution in [2.24, 2.45) is 0 Å². The second kappa shape index (κ2) is 7.87. The first-order chi connectivity index (χ1) is 13.6. The quantitative estimate of drug-likeness (QED) is 0.723. The summed E-state index contributed by atoms with van der Waals surface area (Å²) in [7, 11) is 0. The summed E-state index contributed by atoms with van der Waals surface area (Å²) in [4.78, 5) is 19.1. The van der Waals surface area contributed by atoms with Gasteiger partial charge in [0, 0.05) is 25.1 Å². The Balaban J connectivity index is 1.40. The van der Waals surface area contributed by atoms with E-state index in [2.05, 4.69) is 20.6 Å². The summed E-state index contributed by atoms with van der Waals surface area (Å²) in [6.45, 7) is 5.76. The predicted molar refractivity (Wildman–Crippen MR) is 101 cm³/mol. The van der Waals surface area contributed by atoms with Gasteiger partial charge in [-0.1, -0.05) is 19.0 Å². The summed E-state index contributed by atoms with van der Waals surface area (Å²) in [5.41, 5.74) is 0. The number of nitrogens with zero attached hydrogens (tertiary/aromatic N) is 5. The summed E-state index contributed by atoms with van der Waals surface area (Å²) >= 11 is 0. The van der Waals surface area contributed by atoms with Crippen LogP contribution in [0.2, 0.25) is 0 Å². The van der Waals surface area contributed by atoms with Gasteiger partial charge in [-0.2, -0.15) is 10.1 Å². The smallest absolute Gasteiger partial charge is 0.323 e. The molecule has 0 aromatic carbocycles. The van der Waals surface area contributed by atoms with Crippen LogP contribution in [0.5, 0.6) is 0 Å². The number of rotatable bonds is 5. The Morgan fingerprint density at radius 2 is 2.29 bits per heavy atom. The zero-order valence-electron chi connectivity index (χ0n) is 16.0. The van der Waals surface area contributed by atoms with Crippen LogP contribution in [0.25, 0.3) is 0 Å². The molecule has 0 spiro atoms. The Bertz CT molecular complexity index is 914. The van der Waals surface area contributed by atoms with Crippen molar-refractivity contribution >= 4 is 11.8 Å². The standard InChI is InChI=1S/C19H24N6O3/c1-13(2)17-22-18(28-23-17)14-5-3-9-24(11-14)19(26)21-16-7-8-20-25(16)12-15-6-4-10-27-15/h4,6-8,10,13-14H,3,5,9,11-12H2,1-2H3,(H,21,26). The van der Waals surface area contributed by atoms with E-state index in [0.717, 1.165) is 18.6 Å². The third-order valence-electron chi connectivity index (χ3n) is 4.87. The Morgan fingerprint density at radius 1 is 1.39 bits per heavy atom. The molecule has 9 nitrogen and oxygen atoms in total. The van der Waals surface area contributed by atoms with Gasteiger partial charge in [0.25, 0.3) is 0 Å². The lowest BCUT2D eigenvalue weighted by atomic mass is 9.98. The number of aromatic nitrogens is 4. The van der Waals surface area contributed by atoms with Crippen molar-refractivity contribution in [2.75, 3.05) is 18.4 Å². The number of nitrogens with one attached hydrogen (secondary N) is 1. The number of carbonyl (C=O) groups excluding carboxylic acids is 1. The van der Waals surface area contributed by atoms with Crippen molar-refractivity contribution < 1.29 is 13.7 Å². The topological polar surface area (TPSA) is 102 Å². The number of furan rings is 1. The highest BCUT2D eigenvalue weighted by molar-refractivity contribution is 5.88. The second-order valence-corrected chi connectivity index (χ2v) is 7.31. The van der Waals surface area contributed by atoms with Crippen LogP contribution < -0.4 is 5.32 Å². The minimum atomic E-state index is -0.158. The molecule has 0 saturated carbocycles. The maximum absolute atomic E-state index is 12.8. The number of urea groups is 1. The molecule has 1 atom stereocenters. The van der Waals surface area contributed by atoms with Crippen LogP contribution in [0.4, 0.5) is 10.6 Å². The van der Waals surface area contributed by atoms with Crippen molar-refractivity contribution in [1.82, 2.24) is 24.8 Å². The molecular formula is C19H24N6O3. The fourth-order valence-corrected chi connectivity index (χ4v) is 3.31. The first-order valence-electron chi connectivity index (χ1n) is 9.54. The molecule has 2 amide bonds. The third kappa shape index (κ3) is 3.92. The first kappa shape index (κ1) is 18.3. The van der Waals surface area contributed by atoms with Crippen molar-refractivity contribution in [3.05, 3.63) is 48.1 Å². The van der Waals surface area contributed by atoms with E-state index >= 15 is 0 Å². The van der Waals surface area contributed by atoms with E-state index < -0.39 is 0 Å². The third-order valence-corrected chi connectivity index (χ3v) is 4.87. The zero-order chi connectivity index (χ0) is 19.5. The van der Waals surface area contributed by atoms with Gasteiger partial charge >= 0.3 is 6.03 Å². The van der Waals surface area contributed by atoms with Crippen molar-refractivity contribution in [3.63, 3.8) is 0 Å². The average molecular weight is 384 g/mol. The molecule has 3 aromatic rings. The Labute approximate surface area is 162 Å². The van der Waals surface area contributed by atoms with Gasteiger partial charge in [0.05, 0.1) is 18.4 Å². The average Bonchev–Trinajstić information content (AvgIpc) is 3.45. The SMILES string of the molecule is CC(C)c1noc(C2CCCN(C(=O)Nc3ccnn3Cc3ccco3)C2)n1. The Hall–Kier alpha value is -3.10. The molecule has 0 aliphatic carbocycles. The first-order valence-corrected chi connectivity index (χ1v) is 9.54. The lowest BCUT2D eigenvalue weighted by molar-refractivity contribution is 0.184. The fourth-order valence-electron chi connectivity index (χ4n) is 3.31. The van der Waals surface area contributed by atoms with Crippen LogP contribution in [0.15, 0.2) is 39.6 Å². The molecule has 0 radical (unpaired) electrons. The summed E-state index contributed by atoms with van der Waals surface area (Å²) in [5, 5.41) is 11.3. The normalized spacial score (nSPS) is 17.2. The van der Waals surface area contributed by atoms with E-state index in [-0.39, 0.29) is 17.9 Å². The summed E-state index contributed by atoms with van der Waals surface area (Å²) in [6.07, 6.45) is 5.10. The molecule has 1 aliphatic rings.